The van der Waals surface area contributed by atoms with E-state index in [2.05, 4.69) is 87.1 Å². The second kappa shape index (κ2) is 13.9. The number of rotatable bonds is 10. The third-order valence-corrected chi connectivity index (χ3v) is 7.18. The standard InChI is InChI=1S/C30H46N8/c1-9-35(10-2)29(36(11-3)12-4)33-27-23-19-17-21-31-25(23)26-24(20-18-22-32-26)28(27)34-30(37(13-5)14-6)38(15-7)16-8/h17-22H,9-16H2,1-8H3. The highest BCUT2D eigenvalue weighted by atomic mass is 15.4. The average molecular weight is 519 g/mol. The molecule has 8 heteroatoms. The molecule has 0 atom stereocenters. The van der Waals surface area contributed by atoms with E-state index < -0.39 is 0 Å². The van der Waals surface area contributed by atoms with Crippen molar-refractivity contribution >= 4 is 45.1 Å². The van der Waals surface area contributed by atoms with E-state index in [1.165, 1.54) is 0 Å². The molecule has 3 aromatic rings. The van der Waals surface area contributed by atoms with Crippen LogP contribution in [0.2, 0.25) is 0 Å². The van der Waals surface area contributed by atoms with Gasteiger partial charge in [0.2, 0.25) is 11.9 Å². The van der Waals surface area contributed by atoms with Crippen LogP contribution in [0.15, 0.2) is 46.6 Å². The average Bonchev–Trinajstić information content (AvgIpc) is 2.96. The summed E-state index contributed by atoms with van der Waals surface area (Å²) in [5.41, 5.74) is 3.40. The van der Waals surface area contributed by atoms with E-state index in [-0.39, 0.29) is 0 Å². The normalized spacial score (nSPS) is 10.9. The first-order valence-electron chi connectivity index (χ1n) is 14.3. The number of fused-ring (bicyclic) bond motifs is 3. The summed E-state index contributed by atoms with van der Waals surface area (Å²) in [6, 6.07) is 8.16. The first-order valence-corrected chi connectivity index (χ1v) is 14.3. The van der Waals surface area contributed by atoms with E-state index in [0.29, 0.717) is 0 Å². The van der Waals surface area contributed by atoms with Gasteiger partial charge in [0.15, 0.2) is 0 Å². The molecule has 1 aromatic carbocycles. The van der Waals surface area contributed by atoms with Gasteiger partial charge >= 0.3 is 0 Å². The minimum absolute atomic E-state index is 0.846. The Kier molecular flexibility index (Phi) is 10.7. The second-order valence-corrected chi connectivity index (χ2v) is 9.01. The molecule has 0 N–H and O–H groups in total. The fourth-order valence-corrected chi connectivity index (χ4v) is 4.96. The summed E-state index contributed by atoms with van der Waals surface area (Å²) in [7, 11) is 0. The van der Waals surface area contributed by atoms with Gasteiger partial charge in [-0.15, -0.1) is 0 Å². The van der Waals surface area contributed by atoms with Gasteiger partial charge < -0.3 is 19.6 Å². The number of pyridine rings is 2. The van der Waals surface area contributed by atoms with Crippen LogP contribution in [0, 0.1) is 0 Å². The molecule has 0 spiro atoms. The molecule has 2 heterocycles. The van der Waals surface area contributed by atoms with Crippen molar-refractivity contribution in [2.45, 2.75) is 55.4 Å². The monoisotopic (exact) mass is 518 g/mol. The highest BCUT2D eigenvalue weighted by molar-refractivity contribution is 6.17. The Morgan fingerprint density at radius 3 is 1.08 bits per heavy atom. The maximum absolute atomic E-state index is 5.45. The minimum atomic E-state index is 0.846. The highest BCUT2D eigenvalue weighted by Crippen LogP contribution is 2.43. The Labute approximate surface area is 229 Å². The third-order valence-electron chi connectivity index (χ3n) is 7.18. The van der Waals surface area contributed by atoms with E-state index in [1.54, 1.807) is 0 Å². The molecule has 0 aliphatic rings. The summed E-state index contributed by atoms with van der Waals surface area (Å²) in [6.45, 7) is 24.5. The van der Waals surface area contributed by atoms with Gasteiger partial charge in [-0.05, 0) is 79.7 Å². The predicted octanol–water partition coefficient (Wildman–Crippen LogP) is 6.13. The van der Waals surface area contributed by atoms with Crippen molar-refractivity contribution < 1.29 is 0 Å². The van der Waals surface area contributed by atoms with Gasteiger partial charge in [0.05, 0.1) is 11.0 Å². The minimum Gasteiger partial charge on any atom is -0.343 e. The van der Waals surface area contributed by atoms with Crippen LogP contribution in [0.5, 0.6) is 0 Å². The van der Waals surface area contributed by atoms with Crippen LogP contribution >= 0.6 is 0 Å². The summed E-state index contributed by atoms with van der Waals surface area (Å²) < 4.78 is 0. The van der Waals surface area contributed by atoms with Crippen LogP contribution in [0.1, 0.15) is 55.4 Å². The molecule has 0 aliphatic carbocycles. The van der Waals surface area contributed by atoms with E-state index in [1.807, 2.05) is 24.5 Å². The fraction of sp³-hybridized carbons (Fsp3) is 0.533. The smallest absolute Gasteiger partial charge is 0.201 e. The van der Waals surface area contributed by atoms with Gasteiger partial charge in [-0.25, -0.2) is 9.98 Å². The summed E-state index contributed by atoms with van der Waals surface area (Å²) in [5.74, 6) is 1.94. The van der Waals surface area contributed by atoms with Gasteiger partial charge in [-0.1, -0.05) is 0 Å². The van der Waals surface area contributed by atoms with Crippen LogP contribution in [0.25, 0.3) is 21.8 Å². The lowest BCUT2D eigenvalue weighted by atomic mass is 10.1. The molecule has 0 amide bonds. The second-order valence-electron chi connectivity index (χ2n) is 9.01. The van der Waals surface area contributed by atoms with Gasteiger partial charge in [0.25, 0.3) is 0 Å². The quantitative estimate of drug-likeness (QED) is 0.183. The maximum Gasteiger partial charge on any atom is 0.201 e. The molecule has 38 heavy (non-hydrogen) atoms. The number of aromatic nitrogens is 2. The zero-order chi connectivity index (χ0) is 27.7. The molecule has 8 nitrogen and oxygen atoms in total. The van der Waals surface area contributed by atoms with Crippen molar-refractivity contribution in [2.75, 3.05) is 52.4 Å². The largest absolute Gasteiger partial charge is 0.343 e. The molecule has 2 aromatic heterocycles. The molecule has 0 radical (unpaired) electrons. The molecule has 0 saturated heterocycles. The summed E-state index contributed by atoms with van der Waals surface area (Å²) in [4.78, 5) is 29.8. The van der Waals surface area contributed by atoms with Gasteiger partial charge in [-0.3, -0.25) is 9.97 Å². The first kappa shape index (κ1) is 29.1. The molecule has 0 aliphatic heterocycles. The summed E-state index contributed by atoms with van der Waals surface area (Å²) >= 11 is 0. The van der Waals surface area contributed by atoms with E-state index >= 15 is 0 Å². The Hall–Kier alpha value is -3.42. The van der Waals surface area contributed by atoms with Crippen LogP contribution in [0.3, 0.4) is 0 Å². The number of guanidine groups is 2. The van der Waals surface area contributed by atoms with Gasteiger partial charge in [0, 0.05) is 75.5 Å². The van der Waals surface area contributed by atoms with Crippen molar-refractivity contribution in [1.82, 2.24) is 29.6 Å². The molecule has 0 unspecified atom stereocenters. The first-order chi connectivity index (χ1) is 18.5. The number of hydrogen-bond acceptors (Lipinski definition) is 4. The molecule has 0 saturated carbocycles. The van der Waals surface area contributed by atoms with Crippen molar-refractivity contribution in [3.63, 3.8) is 0 Å². The molecule has 0 bridgehead atoms. The Bertz CT molecular complexity index is 1110. The highest BCUT2D eigenvalue weighted by Gasteiger charge is 2.22. The molecular weight excluding hydrogens is 472 g/mol. The SMILES string of the molecule is CCN(CC)C(=Nc1c(N=C(N(CC)CC)N(CC)CC)c2cccnc2c2ncccc12)N(CC)CC. The molecule has 0 fully saturated rings. The lowest BCUT2D eigenvalue weighted by Crippen LogP contribution is -2.44. The van der Waals surface area contributed by atoms with Crippen molar-refractivity contribution in [3.8, 4) is 0 Å². The van der Waals surface area contributed by atoms with Crippen LogP contribution in [-0.4, -0.2) is 93.8 Å². The summed E-state index contributed by atoms with van der Waals surface area (Å²) in [5, 5.41) is 1.93. The van der Waals surface area contributed by atoms with Gasteiger partial charge in [0.1, 0.15) is 11.4 Å². The molecule has 206 valence electrons. The van der Waals surface area contributed by atoms with E-state index in [0.717, 1.165) is 97.5 Å². The van der Waals surface area contributed by atoms with Crippen LogP contribution in [-0.2, 0) is 0 Å². The third kappa shape index (κ3) is 5.84. The number of nitrogens with zero attached hydrogens (tertiary/aromatic N) is 8. The Balaban J connectivity index is 2.55. The number of hydrogen-bond donors (Lipinski definition) is 0. The zero-order valence-corrected chi connectivity index (χ0v) is 24.7. The van der Waals surface area contributed by atoms with Crippen molar-refractivity contribution in [1.29, 1.82) is 0 Å². The molecule has 3 rings (SSSR count). The Morgan fingerprint density at radius 2 is 0.816 bits per heavy atom. The van der Waals surface area contributed by atoms with Crippen molar-refractivity contribution in [3.05, 3.63) is 36.7 Å². The lowest BCUT2D eigenvalue weighted by Gasteiger charge is -2.33. The van der Waals surface area contributed by atoms with Crippen LogP contribution < -0.4 is 0 Å². The fourth-order valence-electron chi connectivity index (χ4n) is 4.96. The van der Waals surface area contributed by atoms with E-state index in [9.17, 15) is 0 Å². The topological polar surface area (TPSA) is 63.5 Å². The summed E-state index contributed by atoms with van der Waals surface area (Å²) in [6.07, 6.45) is 3.67. The zero-order valence-electron chi connectivity index (χ0n) is 24.7. The predicted molar refractivity (Wildman–Crippen MR) is 163 cm³/mol. The van der Waals surface area contributed by atoms with E-state index in [4.69, 9.17) is 20.0 Å². The maximum atomic E-state index is 5.45. The van der Waals surface area contributed by atoms with Crippen molar-refractivity contribution in [2.24, 2.45) is 9.98 Å². The molecular formula is C30H46N8. The number of aliphatic imine (C=N–C) groups is 2. The lowest BCUT2D eigenvalue weighted by molar-refractivity contribution is 0.350. The Morgan fingerprint density at radius 1 is 0.526 bits per heavy atom. The van der Waals surface area contributed by atoms with Crippen LogP contribution in [0.4, 0.5) is 11.4 Å². The number of benzene rings is 1. The van der Waals surface area contributed by atoms with Gasteiger partial charge in [-0.2, -0.15) is 0 Å².